The molecule has 3 aromatic heterocycles. The Hall–Kier alpha value is -3.88. The van der Waals surface area contributed by atoms with Crippen LogP contribution in [-0.4, -0.2) is 40.5 Å². The van der Waals surface area contributed by atoms with Gasteiger partial charge >= 0.3 is 5.69 Å². The van der Waals surface area contributed by atoms with E-state index in [2.05, 4.69) is 32.5 Å². The number of tetrazole rings is 1. The molecule has 1 atom stereocenters. The van der Waals surface area contributed by atoms with Crippen molar-refractivity contribution in [3.05, 3.63) is 70.5 Å². The SMILES string of the molecule is CCCCc1cn(C2CCCC2=O)c(=O)n1Cc1ccc(-c2ccccc2-c2nnn[nH]2)nc1. The third-order valence-corrected chi connectivity index (χ3v) is 6.45. The van der Waals surface area contributed by atoms with E-state index in [4.69, 9.17) is 0 Å². The second-order valence-electron chi connectivity index (χ2n) is 8.72. The minimum atomic E-state index is -0.322. The number of Topliss-reactive ketones (excluding diaryl/α,β-unsaturated/α-hetero) is 1. The van der Waals surface area contributed by atoms with Crippen LogP contribution in [0.4, 0.5) is 0 Å². The summed E-state index contributed by atoms with van der Waals surface area (Å²) in [6, 6.07) is 11.4. The maximum atomic E-state index is 13.3. The molecule has 3 heterocycles. The lowest BCUT2D eigenvalue weighted by molar-refractivity contribution is -0.120. The van der Waals surface area contributed by atoms with Gasteiger partial charge in [-0.2, -0.15) is 0 Å². The number of benzene rings is 1. The van der Waals surface area contributed by atoms with Crippen molar-refractivity contribution < 1.29 is 4.79 Å². The Balaban J connectivity index is 1.44. The van der Waals surface area contributed by atoms with E-state index in [0.29, 0.717) is 18.8 Å². The largest absolute Gasteiger partial charge is 0.329 e. The number of nitrogens with one attached hydrogen (secondary N) is 1. The molecular weight excluding hydrogens is 430 g/mol. The van der Waals surface area contributed by atoms with Crippen molar-refractivity contribution in [3.8, 4) is 22.6 Å². The molecular formula is C25H27N7O2. The third-order valence-electron chi connectivity index (χ3n) is 6.45. The number of ketones is 1. The van der Waals surface area contributed by atoms with E-state index in [0.717, 1.165) is 60.2 Å². The summed E-state index contributed by atoms with van der Waals surface area (Å²) < 4.78 is 3.45. The number of nitrogens with zero attached hydrogens (tertiary/aromatic N) is 6. The van der Waals surface area contributed by atoms with Crippen molar-refractivity contribution in [3.63, 3.8) is 0 Å². The number of aromatic amines is 1. The van der Waals surface area contributed by atoms with Crippen LogP contribution in [0.3, 0.4) is 0 Å². The van der Waals surface area contributed by atoms with Gasteiger partial charge in [0.2, 0.25) is 0 Å². The number of aryl methyl sites for hydroxylation is 1. The van der Waals surface area contributed by atoms with Gasteiger partial charge in [0.25, 0.3) is 0 Å². The fourth-order valence-corrected chi connectivity index (χ4v) is 4.64. The van der Waals surface area contributed by atoms with E-state index in [1.54, 1.807) is 15.3 Å². The van der Waals surface area contributed by atoms with Gasteiger partial charge in [0.1, 0.15) is 0 Å². The van der Waals surface area contributed by atoms with Crippen LogP contribution in [0.25, 0.3) is 22.6 Å². The molecule has 1 fully saturated rings. The molecule has 9 nitrogen and oxygen atoms in total. The average molecular weight is 458 g/mol. The fourth-order valence-electron chi connectivity index (χ4n) is 4.64. The maximum Gasteiger partial charge on any atom is 0.329 e. The summed E-state index contributed by atoms with van der Waals surface area (Å²) >= 11 is 0. The quantitative estimate of drug-likeness (QED) is 0.433. The minimum Gasteiger partial charge on any atom is -0.297 e. The van der Waals surface area contributed by atoms with Crippen molar-refractivity contribution in [1.82, 2.24) is 34.7 Å². The van der Waals surface area contributed by atoms with Crippen LogP contribution in [-0.2, 0) is 17.8 Å². The van der Waals surface area contributed by atoms with Gasteiger partial charge in [0, 0.05) is 35.6 Å². The van der Waals surface area contributed by atoms with Gasteiger partial charge in [0.15, 0.2) is 11.6 Å². The molecule has 174 valence electrons. The Bertz CT molecular complexity index is 1340. The molecule has 9 heteroatoms. The van der Waals surface area contributed by atoms with E-state index >= 15 is 0 Å². The Morgan fingerprint density at radius 1 is 1.12 bits per heavy atom. The summed E-state index contributed by atoms with van der Waals surface area (Å²) in [6.07, 6.45) is 8.70. The van der Waals surface area contributed by atoms with Crippen molar-refractivity contribution in [2.45, 2.75) is 58.0 Å². The number of carbonyl (C=O) groups excluding carboxylic acids is 1. The number of carbonyl (C=O) groups is 1. The summed E-state index contributed by atoms with van der Waals surface area (Å²) in [5.74, 6) is 0.740. The van der Waals surface area contributed by atoms with Crippen molar-refractivity contribution >= 4 is 5.78 Å². The molecule has 4 aromatic rings. The highest BCUT2D eigenvalue weighted by Gasteiger charge is 2.28. The maximum absolute atomic E-state index is 13.3. The summed E-state index contributed by atoms with van der Waals surface area (Å²) in [6.45, 7) is 2.56. The van der Waals surface area contributed by atoms with Gasteiger partial charge in [-0.15, -0.1) is 5.10 Å². The number of hydrogen-bond acceptors (Lipinski definition) is 6. The summed E-state index contributed by atoms with van der Waals surface area (Å²) in [7, 11) is 0. The monoisotopic (exact) mass is 457 g/mol. The van der Waals surface area contributed by atoms with E-state index in [1.807, 2.05) is 42.6 Å². The molecule has 0 saturated heterocycles. The van der Waals surface area contributed by atoms with Crippen LogP contribution >= 0.6 is 0 Å². The van der Waals surface area contributed by atoms with Crippen LogP contribution in [0.5, 0.6) is 0 Å². The zero-order valence-electron chi connectivity index (χ0n) is 19.1. The highest BCUT2D eigenvalue weighted by Crippen LogP contribution is 2.29. The van der Waals surface area contributed by atoms with Gasteiger partial charge in [0.05, 0.1) is 18.3 Å². The third kappa shape index (κ3) is 4.21. The molecule has 0 spiro atoms. The number of hydrogen-bond donors (Lipinski definition) is 1. The zero-order chi connectivity index (χ0) is 23.5. The molecule has 1 saturated carbocycles. The molecule has 1 aliphatic rings. The Kier molecular flexibility index (Phi) is 6.16. The number of H-pyrrole nitrogens is 1. The van der Waals surface area contributed by atoms with Crippen LogP contribution in [0, 0.1) is 0 Å². The second kappa shape index (κ2) is 9.54. The second-order valence-corrected chi connectivity index (χ2v) is 8.72. The highest BCUT2D eigenvalue weighted by atomic mass is 16.2. The molecule has 0 bridgehead atoms. The number of rotatable bonds is 8. The van der Waals surface area contributed by atoms with Crippen LogP contribution in [0.1, 0.15) is 56.3 Å². The molecule has 34 heavy (non-hydrogen) atoms. The summed E-state index contributed by atoms with van der Waals surface area (Å²) in [4.78, 5) is 30.3. The molecule has 0 aliphatic heterocycles. The first-order valence-electron chi connectivity index (χ1n) is 11.8. The lowest BCUT2D eigenvalue weighted by Gasteiger charge is -2.10. The molecule has 1 N–H and O–H groups in total. The molecule has 1 unspecified atom stereocenters. The number of pyridine rings is 1. The number of aromatic nitrogens is 7. The minimum absolute atomic E-state index is 0.112. The molecule has 1 aromatic carbocycles. The Morgan fingerprint density at radius 2 is 1.97 bits per heavy atom. The van der Waals surface area contributed by atoms with Crippen LogP contribution in [0.15, 0.2) is 53.6 Å². The number of unbranched alkanes of at least 4 members (excludes halogenated alkanes) is 1. The predicted octanol–water partition coefficient (Wildman–Crippen LogP) is 3.58. The predicted molar refractivity (Wildman–Crippen MR) is 127 cm³/mol. The van der Waals surface area contributed by atoms with E-state index in [1.165, 1.54) is 0 Å². The first-order valence-corrected chi connectivity index (χ1v) is 11.8. The lowest BCUT2D eigenvalue weighted by Crippen LogP contribution is -2.29. The molecule has 0 radical (unpaired) electrons. The summed E-state index contributed by atoms with van der Waals surface area (Å²) in [5, 5.41) is 14.2. The highest BCUT2D eigenvalue weighted by molar-refractivity contribution is 5.84. The normalized spacial score (nSPS) is 15.8. The van der Waals surface area contributed by atoms with Crippen LogP contribution in [0.2, 0.25) is 0 Å². The van der Waals surface area contributed by atoms with Gasteiger partial charge < -0.3 is 0 Å². The zero-order valence-corrected chi connectivity index (χ0v) is 19.1. The molecule has 0 amide bonds. The van der Waals surface area contributed by atoms with Gasteiger partial charge in [-0.3, -0.25) is 18.9 Å². The van der Waals surface area contributed by atoms with Crippen molar-refractivity contribution in [2.75, 3.05) is 0 Å². The molecule has 1 aliphatic carbocycles. The molecule has 5 rings (SSSR count). The standard InChI is InChI=1S/C25H27N7O2/c1-2-3-7-18-16-32(22-10-6-11-23(22)33)25(34)31(18)15-17-12-13-21(26-14-17)19-8-4-5-9-20(19)24-27-29-30-28-24/h4-5,8-9,12-14,16,22H,2-3,6-7,10-11,15H2,1H3,(H,27,28,29,30). The lowest BCUT2D eigenvalue weighted by atomic mass is 10.0. The summed E-state index contributed by atoms with van der Waals surface area (Å²) in [5.41, 5.74) is 4.36. The van der Waals surface area contributed by atoms with E-state index in [9.17, 15) is 9.59 Å². The Morgan fingerprint density at radius 3 is 2.65 bits per heavy atom. The first-order chi connectivity index (χ1) is 16.7. The van der Waals surface area contributed by atoms with E-state index < -0.39 is 0 Å². The Labute approximate surface area is 196 Å². The van der Waals surface area contributed by atoms with Gasteiger partial charge in [-0.05, 0) is 47.7 Å². The van der Waals surface area contributed by atoms with Gasteiger partial charge in [-0.25, -0.2) is 9.89 Å². The topological polar surface area (TPSA) is 111 Å². The number of imidazole rings is 1. The van der Waals surface area contributed by atoms with Crippen LogP contribution < -0.4 is 5.69 Å². The smallest absolute Gasteiger partial charge is 0.297 e. The average Bonchev–Trinajstić information content (AvgIpc) is 3.61. The fraction of sp³-hybridized carbons (Fsp3) is 0.360. The van der Waals surface area contributed by atoms with Gasteiger partial charge in [-0.1, -0.05) is 43.7 Å². The van der Waals surface area contributed by atoms with Crippen molar-refractivity contribution in [1.29, 1.82) is 0 Å². The van der Waals surface area contributed by atoms with E-state index in [-0.39, 0.29) is 17.5 Å². The van der Waals surface area contributed by atoms with Crippen molar-refractivity contribution in [2.24, 2.45) is 0 Å². The first kappa shape index (κ1) is 21.9.